The number of carbonyl (C=O) groups excluding carboxylic acids is 1. The van der Waals surface area contributed by atoms with E-state index in [0.29, 0.717) is 22.7 Å². The highest BCUT2D eigenvalue weighted by atomic mass is 35.5. The van der Waals surface area contributed by atoms with Gasteiger partial charge in [-0.25, -0.2) is 9.98 Å². The first-order valence-corrected chi connectivity index (χ1v) is 10.7. The summed E-state index contributed by atoms with van der Waals surface area (Å²) in [5.74, 6) is -0.0817. The Balaban J connectivity index is 1.77. The maximum absolute atomic E-state index is 12.6. The number of nitrogens with zero attached hydrogens (tertiary/aromatic N) is 3. The number of ketones is 1. The van der Waals surface area contributed by atoms with E-state index in [4.69, 9.17) is 11.6 Å². The van der Waals surface area contributed by atoms with Gasteiger partial charge in [0.25, 0.3) is 0 Å². The van der Waals surface area contributed by atoms with Crippen LogP contribution in [0.4, 0.5) is 5.69 Å². The molecule has 2 aromatic carbocycles. The van der Waals surface area contributed by atoms with Crippen LogP contribution < -0.4 is 0 Å². The van der Waals surface area contributed by atoms with Gasteiger partial charge in [0.1, 0.15) is 5.69 Å². The third-order valence-corrected chi connectivity index (χ3v) is 5.88. The smallest absolute Gasteiger partial charge is 0.212 e. The average Bonchev–Trinajstić information content (AvgIpc) is 3.17. The van der Waals surface area contributed by atoms with Crippen molar-refractivity contribution in [3.05, 3.63) is 79.8 Å². The predicted molar refractivity (Wildman–Crippen MR) is 122 cm³/mol. The summed E-state index contributed by atoms with van der Waals surface area (Å²) in [6.45, 7) is 7.16. The Morgan fingerprint density at radius 1 is 1.21 bits per heavy atom. The molecular weight excluding hydrogens is 402 g/mol. The molecule has 150 valence electrons. The third kappa shape index (κ3) is 5.31. The molecule has 0 radical (unpaired) electrons. The fourth-order valence-corrected chi connectivity index (χ4v) is 3.76. The number of aryl methyl sites for hydroxylation is 2. The summed E-state index contributed by atoms with van der Waals surface area (Å²) >= 11 is 7.41. The van der Waals surface area contributed by atoms with E-state index in [0.717, 1.165) is 22.8 Å². The van der Waals surface area contributed by atoms with Crippen LogP contribution in [-0.4, -0.2) is 35.6 Å². The van der Waals surface area contributed by atoms with Gasteiger partial charge in [-0.1, -0.05) is 17.7 Å². The summed E-state index contributed by atoms with van der Waals surface area (Å²) in [6.07, 6.45) is 2.56. The molecule has 0 amide bonds. The van der Waals surface area contributed by atoms with Crippen LogP contribution in [0.3, 0.4) is 0 Å². The number of rotatable bonds is 7. The molecule has 1 heterocycles. The van der Waals surface area contributed by atoms with Gasteiger partial charge < -0.3 is 4.90 Å². The molecule has 0 atom stereocenters. The molecule has 0 aliphatic heterocycles. The van der Waals surface area contributed by atoms with E-state index in [2.05, 4.69) is 42.9 Å². The molecule has 29 heavy (non-hydrogen) atoms. The predicted octanol–water partition coefficient (Wildman–Crippen LogP) is 5.85. The quantitative estimate of drug-likeness (QED) is 0.271. The fourth-order valence-electron chi connectivity index (χ4n) is 2.84. The first kappa shape index (κ1) is 21.2. The number of hydrogen-bond acceptors (Lipinski definition) is 4. The molecule has 4 nitrogen and oxygen atoms in total. The summed E-state index contributed by atoms with van der Waals surface area (Å²) < 4.78 is 0. The van der Waals surface area contributed by atoms with Crippen LogP contribution in [0.15, 0.2) is 46.8 Å². The van der Waals surface area contributed by atoms with Gasteiger partial charge in [0.15, 0.2) is 0 Å². The minimum atomic E-state index is -0.0817. The molecular formula is C23H24ClN3OS. The van der Waals surface area contributed by atoms with Crippen LogP contribution in [0, 0.1) is 13.8 Å². The van der Waals surface area contributed by atoms with E-state index in [9.17, 15) is 4.79 Å². The SMILES string of the molecule is CCN(C)/C=N/c1cc(C)c(Cc2nc(C(=O)c3ccc(Cl)cc3)cs2)cc1C. The molecule has 0 N–H and O–H groups in total. The van der Waals surface area contributed by atoms with Crippen molar-refractivity contribution in [1.82, 2.24) is 9.88 Å². The van der Waals surface area contributed by atoms with E-state index in [1.165, 1.54) is 22.5 Å². The van der Waals surface area contributed by atoms with Crippen LogP contribution in [0.1, 0.15) is 44.7 Å². The minimum Gasteiger partial charge on any atom is -0.366 e. The number of carbonyl (C=O) groups is 1. The van der Waals surface area contributed by atoms with Crippen molar-refractivity contribution in [1.29, 1.82) is 0 Å². The van der Waals surface area contributed by atoms with E-state index in [1.807, 2.05) is 23.7 Å². The molecule has 1 aromatic heterocycles. The molecule has 0 saturated heterocycles. The molecule has 6 heteroatoms. The van der Waals surface area contributed by atoms with Crippen molar-refractivity contribution >= 4 is 40.7 Å². The Bertz CT molecular complexity index is 1040. The van der Waals surface area contributed by atoms with Gasteiger partial charge in [0.2, 0.25) is 5.78 Å². The molecule has 0 bridgehead atoms. The highest BCUT2D eigenvalue weighted by molar-refractivity contribution is 7.09. The van der Waals surface area contributed by atoms with Gasteiger partial charge in [0.05, 0.1) is 17.0 Å². The molecule has 0 spiro atoms. The summed E-state index contributed by atoms with van der Waals surface area (Å²) in [4.78, 5) is 23.8. The van der Waals surface area contributed by atoms with E-state index < -0.39 is 0 Å². The van der Waals surface area contributed by atoms with Crippen molar-refractivity contribution in [2.75, 3.05) is 13.6 Å². The second kappa shape index (κ2) is 9.33. The van der Waals surface area contributed by atoms with Crippen LogP contribution in [0.25, 0.3) is 0 Å². The van der Waals surface area contributed by atoms with Crippen LogP contribution >= 0.6 is 22.9 Å². The lowest BCUT2D eigenvalue weighted by Gasteiger charge is -2.11. The third-order valence-electron chi connectivity index (χ3n) is 4.78. The van der Waals surface area contributed by atoms with E-state index in [1.54, 1.807) is 24.3 Å². The second-order valence-corrected chi connectivity index (χ2v) is 8.40. The Morgan fingerprint density at radius 3 is 2.62 bits per heavy atom. The number of thiazole rings is 1. The highest BCUT2D eigenvalue weighted by Gasteiger charge is 2.14. The zero-order valence-electron chi connectivity index (χ0n) is 17.1. The second-order valence-electron chi connectivity index (χ2n) is 7.02. The standard InChI is InChI=1S/C23H24ClN3OS/c1-5-27(4)14-25-20-11-15(2)18(10-16(20)3)12-22-26-21(13-29-22)23(28)17-6-8-19(24)9-7-17/h6-11,13-14H,5,12H2,1-4H3/b25-14+. The van der Waals surface area contributed by atoms with Crippen molar-refractivity contribution in [3.63, 3.8) is 0 Å². The van der Waals surface area contributed by atoms with Crippen molar-refractivity contribution < 1.29 is 4.79 Å². The summed E-state index contributed by atoms with van der Waals surface area (Å²) in [7, 11) is 2.01. The number of halogens is 1. The Morgan fingerprint density at radius 2 is 1.93 bits per heavy atom. The molecule has 3 aromatic rings. The number of benzene rings is 2. The topological polar surface area (TPSA) is 45.6 Å². The molecule has 0 aliphatic carbocycles. The molecule has 0 saturated carbocycles. The zero-order chi connectivity index (χ0) is 21.0. The maximum atomic E-state index is 12.6. The van der Waals surface area contributed by atoms with Gasteiger partial charge in [-0.3, -0.25) is 4.79 Å². The van der Waals surface area contributed by atoms with E-state index in [-0.39, 0.29) is 5.78 Å². The van der Waals surface area contributed by atoms with Crippen molar-refractivity contribution in [3.8, 4) is 0 Å². The Kier molecular flexibility index (Phi) is 6.83. The molecule has 0 unspecified atom stereocenters. The van der Waals surface area contributed by atoms with Crippen molar-refractivity contribution in [2.24, 2.45) is 4.99 Å². The van der Waals surface area contributed by atoms with Crippen molar-refractivity contribution in [2.45, 2.75) is 27.2 Å². The van der Waals surface area contributed by atoms with Crippen LogP contribution in [-0.2, 0) is 6.42 Å². The zero-order valence-corrected chi connectivity index (χ0v) is 18.6. The van der Waals surface area contributed by atoms with Gasteiger partial charge in [-0.05, 0) is 67.8 Å². The van der Waals surface area contributed by atoms with E-state index >= 15 is 0 Å². The molecule has 0 aliphatic rings. The number of aromatic nitrogens is 1. The van der Waals surface area contributed by atoms with Gasteiger partial charge in [-0.2, -0.15) is 0 Å². The summed E-state index contributed by atoms with van der Waals surface area (Å²) in [6, 6.07) is 11.2. The monoisotopic (exact) mass is 425 g/mol. The first-order chi connectivity index (χ1) is 13.9. The normalized spacial score (nSPS) is 11.2. The minimum absolute atomic E-state index is 0.0817. The Hall–Kier alpha value is -2.50. The number of aliphatic imine (C=N–C) groups is 1. The Labute approximate surface area is 180 Å². The summed E-state index contributed by atoms with van der Waals surface area (Å²) in [5.41, 5.74) is 5.54. The highest BCUT2D eigenvalue weighted by Crippen LogP contribution is 2.26. The largest absolute Gasteiger partial charge is 0.366 e. The molecule has 3 rings (SSSR count). The average molecular weight is 426 g/mol. The van der Waals surface area contributed by atoms with Gasteiger partial charge in [0, 0.05) is 36.0 Å². The lowest BCUT2D eigenvalue weighted by Crippen LogP contribution is -2.14. The maximum Gasteiger partial charge on any atom is 0.212 e. The number of hydrogen-bond donors (Lipinski definition) is 0. The lowest BCUT2D eigenvalue weighted by molar-refractivity contribution is 0.103. The van der Waals surface area contributed by atoms with Crippen LogP contribution in [0.5, 0.6) is 0 Å². The molecule has 0 fully saturated rings. The van der Waals surface area contributed by atoms with Gasteiger partial charge >= 0.3 is 0 Å². The summed E-state index contributed by atoms with van der Waals surface area (Å²) in [5, 5.41) is 3.36. The fraction of sp³-hybridized carbons (Fsp3) is 0.261. The van der Waals surface area contributed by atoms with Gasteiger partial charge in [-0.15, -0.1) is 11.3 Å². The van der Waals surface area contributed by atoms with Crippen LogP contribution in [0.2, 0.25) is 5.02 Å². The first-order valence-electron chi connectivity index (χ1n) is 9.46. The lowest BCUT2D eigenvalue weighted by atomic mass is 10.0.